The van der Waals surface area contributed by atoms with Crippen molar-refractivity contribution in [3.63, 3.8) is 0 Å². The van der Waals surface area contributed by atoms with Crippen molar-refractivity contribution in [3.05, 3.63) is 71.8 Å². The number of methoxy groups -OCH3 is 1. The quantitative estimate of drug-likeness (QED) is 0.217. The van der Waals surface area contributed by atoms with Gasteiger partial charge in [0.2, 0.25) is 0 Å². The zero-order chi connectivity index (χ0) is 25.0. The Morgan fingerprint density at radius 2 is 1.70 bits per heavy atom. The van der Waals surface area contributed by atoms with E-state index in [9.17, 15) is 0 Å². The zero-order valence-electron chi connectivity index (χ0n) is 20.7. The Hall–Kier alpha value is -0.460. The molecule has 1 saturated heterocycles. The van der Waals surface area contributed by atoms with Gasteiger partial charge < -0.3 is 27.7 Å². The number of hydrogen-bond acceptors (Lipinski definition) is 7. The fourth-order valence-electron chi connectivity index (χ4n) is 3.56. The molecule has 3 rings (SSSR count). The highest BCUT2D eigenvalue weighted by Gasteiger charge is 2.49. The highest BCUT2D eigenvalue weighted by Crippen LogP contribution is 2.38. The Labute approximate surface area is 208 Å². The maximum absolute atomic E-state index is 7.77. The Kier molecular flexibility index (Phi) is 10.9. The molecule has 175 valence electrons. The van der Waals surface area contributed by atoms with Gasteiger partial charge in [-0.25, -0.2) is 0 Å². The number of benzene rings is 2. The number of hydrogen-bond donors (Lipinski definition) is 0. The van der Waals surface area contributed by atoms with Crippen LogP contribution in [0.1, 0.15) is 11.1 Å². The van der Waals surface area contributed by atoms with E-state index in [1.165, 1.54) is 0 Å². The van der Waals surface area contributed by atoms with E-state index in [0.29, 0.717) is 13.2 Å². The van der Waals surface area contributed by atoms with Gasteiger partial charge in [0.15, 0.2) is 6.29 Å². The van der Waals surface area contributed by atoms with Gasteiger partial charge in [-0.1, -0.05) is 68.3 Å². The second kappa shape index (κ2) is 14.8. The van der Waals surface area contributed by atoms with Crippen LogP contribution < -0.4 is 0 Å². The third-order valence-electron chi connectivity index (χ3n) is 5.01. The second-order valence-electron chi connectivity index (χ2n) is 7.38. The average Bonchev–Trinajstić information content (AvgIpc) is 2.88. The first-order chi connectivity index (χ1) is 17.0. The summed E-state index contributed by atoms with van der Waals surface area (Å²) in [6.45, 7) is 2.60. The van der Waals surface area contributed by atoms with Gasteiger partial charge in [0.1, 0.15) is 39.5 Å². The first-order valence-corrected chi connectivity index (χ1v) is 14.5. The van der Waals surface area contributed by atoms with Gasteiger partial charge in [0.05, 0.1) is 21.1 Å². The Bertz CT molecular complexity index is 851. The summed E-state index contributed by atoms with van der Waals surface area (Å²) in [5, 5.41) is 0. The van der Waals surface area contributed by atoms with Crippen LogP contribution in [0.4, 0.5) is 0 Å². The van der Waals surface area contributed by atoms with Gasteiger partial charge in [-0.2, -0.15) is 0 Å². The summed E-state index contributed by atoms with van der Waals surface area (Å²) < 4.78 is 51.4. The van der Waals surface area contributed by atoms with Gasteiger partial charge in [-0.3, -0.25) is 0 Å². The molecule has 1 heterocycles. The molecule has 11 heteroatoms. The van der Waals surface area contributed by atoms with Crippen LogP contribution >= 0.6 is 27.3 Å². The van der Waals surface area contributed by atoms with E-state index in [4.69, 9.17) is 37.8 Å². The lowest BCUT2D eigenvalue weighted by molar-refractivity contribution is -0.303. The Balaban J connectivity index is 1.84. The molecule has 0 saturated carbocycles. The molecule has 0 N–H and O–H groups in total. The van der Waals surface area contributed by atoms with Crippen molar-refractivity contribution < 1.29 is 27.7 Å². The summed E-state index contributed by atoms with van der Waals surface area (Å²) in [6.07, 6.45) is -3.07. The molecule has 0 aromatic heterocycles. The highest BCUT2D eigenvalue weighted by molar-refractivity contribution is 8.53. The van der Waals surface area contributed by atoms with Gasteiger partial charge in [0.25, 0.3) is 0 Å². The van der Waals surface area contributed by atoms with Crippen molar-refractivity contribution in [1.29, 1.82) is 2.61 Å². The first kappa shape index (κ1) is 24.2. The lowest BCUT2D eigenvalue weighted by Crippen LogP contribution is -2.61. The topological polar surface area (TPSA) is 55.4 Å². The standard InChI is InChI=1S/C22H29B2O6P2S/c1-25-22-21(30-32(2)24)20(27-14-17-11-7-4-8-12-17)19(18(29-22)15-28-33-31-23)26-13-16-9-5-3-6-10-16/h3-12,18-23,31H,13-15H2,1-2H3/t18?,19-,20-,21?,22+,31?,32?/m0/s1/i23T,31D. The van der Waals surface area contributed by atoms with Gasteiger partial charge in [-0.15, -0.1) is 0 Å². The van der Waals surface area contributed by atoms with Gasteiger partial charge in [-0.05, 0) is 27.2 Å². The first-order valence-electron chi connectivity index (χ1n) is 11.5. The smallest absolute Gasteiger partial charge is 0.186 e. The van der Waals surface area contributed by atoms with Crippen LogP contribution in [-0.2, 0) is 40.9 Å². The maximum Gasteiger partial charge on any atom is 0.186 e. The molecule has 33 heavy (non-hydrogen) atoms. The van der Waals surface area contributed by atoms with Gasteiger partial charge >= 0.3 is 0 Å². The third kappa shape index (κ3) is 8.61. The van der Waals surface area contributed by atoms with Crippen LogP contribution in [-0.4, -0.2) is 68.8 Å². The van der Waals surface area contributed by atoms with E-state index in [1.54, 1.807) is 13.8 Å². The van der Waals surface area contributed by atoms with E-state index < -0.39 is 46.3 Å². The average molecular weight is 508 g/mol. The summed E-state index contributed by atoms with van der Waals surface area (Å²) in [7, 11) is 5.96. The molecular formula is C22H29B2O6P2S. The fourth-order valence-corrected chi connectivity index (χ4v) is 4.78. The van der Waals surface area contributed by atoms with E-state index in [2.05, 4.69) is 0 Å². The molecule has 4 unspecified atom stereocenters. The van der Waals surface area contributed by atoms with Crippen LogP contribution in [0.3, 0.4) is 0 Å². The second-order valence-corrected chi connectivity index (χ2v) is 10.4. The Morgan fingerprint density at radius 1 is 1.09 bits per heavy atom. The summed E-state index contributed by atoms with van der Waals surface area (Å²) in [5.41, 5.74) is 2.01. The number of rotatable bonds is 14. The molecule has 1 aliphatic rings. The summed E-state index contributed by atoms with van der Waals surface area (Å²) in [6, 6.07) is 19.7. The molecule has 1 aliphatic heterocycles. The van der Waals surface area contributed by atoms with Crippen molar-refractivity contribution in [3.8, 4) is 0 Å². The van der Waals surface area contributed by atoms with Crippen molar-refractivity contribution in [2.75, 3.05) is 20.4 Å². The molecule has 1 fully saturated rings. The highest BCUT2D eigenvalue weighted by atomic mass is 32.7. The van der Waals surface area contributed by atoms with Crippen molar-refractivity contribution in [1.82, 2.24) is 0 Å². The molecule has 0 spiro atoms. The van der Waals surface area contributed by atoms with E-state index in [-0.39, 0.29) is 6.61 Å². The van der Waals surface area contributed by atoms with Crippen molar-refractivity contribution >= 4 is 42.4 Å². The van der Waals surface area contributed by atoms with Crippen LogP contribution in [0.2, 0.25) is 0 Å². The minimum atomic E-state index is -1.46. The molecule has 0 aliphatic carbocycles. The molecule has 0 bridgehead atoms. The minimum Gasteiger partial charge on any atom is -0.368 e. The van der Waals surface area contributed by atoms with Crippen molar-refractivity contribution in [2.24, 2.45) is 0 Å². The maximum atomic E-state index is 7.77. The molecule has 2 aromatic carbocycles. The van der Waals surface area contributed by atoms with E-state index >= 15 is 0 Å². The monoisotopic (exact) mass is 508 g/mol. The zero-order valence-corrected chi connectivity index (χ0v) is 21.3. The normalized spacial score (nSPS) is 27.9. The van der Waals surface area contributed by atoms with Crippen LogP contribution in [0.5, 0.6) is 0 Å². The Morgan fingerprint density at radius 3 is 2.24 bits per heavy atom. The third-order valence-corrected chi connectivity index (χ3v) is 6.49. The molecule has 6 nitrogen and oxygen atoms in total. The SMILES string of the molecule is [2H]P([B][3H])SOCC1O[C@@H](OC)C(OP([B])C)[C@@H](OCc2ccccc2)[C@H]1OCc1ccccc1. The predicted molar refractivity (Wildman–Crippen MR) is 138 cm³/mol. The summed E-state index contributed by atoms with van der Waals surface area (Å²) >= 11 is 0.941. The molecular weight excluding hydrogens is 476 g/mol. The molecule has 0 amide bonds. The van der Waals surface area contributed by atoms with E-state index in [0.717, 1.165) is 30.3 Å². The summed E-state index contributed by atoms with van der Waals surface area (Å²) in [4.78, 5) is 0. The summed E-state index contributed by atoms with van der Waals surface area (Å²) in [5.74, 6) is 0. The lowest BCUT2D eigenvalue weighted by Gasteiger charge is -2.46. The molecule has 3 radical (unpaired) electrons. The minimum absolute atomic E-state index is 0.122. The predicted octanol–water partition coefficient (Wildman–Crippen LogP) is 4.10. The van der Waals surface area contributed by atoms with Gasteiger partial charge in [0, 0.05) is 18.8 Å². The fraction of sp³-hybridized carbons (Fsp3) is 0.455. The van der Waals surface area contributed by atoms with Crippen molar-refractivity contribution in [2.45, 2.75) is 43.9 Å². The van der Waals surface area contributed by atoms with Crippen LogP contribution in [0.15, 0.2) is 60.7 Å². The largest absolute Gasteiger partial charge is 0.368 e. The van der Waals surface area contributed by atoms with Crippen LogP contribution in [0, 0.1) is 0 Å². The molecule has 7 atom stereocenters. The van der Waals surface area contributed by atoms with Crippen LogP contribution in [0.25, 0.3) is 0 Å². The number of ether oxygens (including phenoxy) is 4. The molecule has 2 aromatic rings. The van der Waals surface area contributed by atoms with E-state index in [1.807, 2.05) is 60.7 Å². The lowest BCUT2D eigenvalue weighted by atomic mass is 9.98.